The molecule has 1 amide bonds. The van der Waals surface area contributed by atoms with Crippen molar-refractivity contribution < 1.29 is 23.9 Å². The van der Waals surface area contributed by atoms with Crippen LogP contribution in [0.4, 0.5) is 4.79 Å². The molecule has 7 nitrogen and oxygen atoms in total. The second-order valence-corrected chi connectivity index (χ2v) is 11.5. The Balaban J connectivity index is 1.52. The fourth-order valence-electron chi connectivity index (χ4n) is 8.03. The molecule has 0 aliphatic heterocycles. The molecule has 0 heterocycles. The number of amides is 1. The Hall–Kier alpha value is -2.77. The van der Waals surface area contributed by atoms with E-state index >= 15 is 0 Å². The zero-order chi connectivity index (χ0) is 26.9. The minimum atomic E-state index is -0.564. The van der Waals surface area contributed by atoms with Crippen LogP contribution < -0.4 is 5.32 Å². The SMILES string of the molecule is CCNC(=O)O/N=C/c1ccc([C@H]2C[C@@]3(C)C(CC[C@]3(COC)OC)C3CCC4=CC(=O)CCC4=C32)cc1. The van der Waals surface area contributed by atoms with Crippen molar-refractivity contribution >= 4 is 18.1 Å². The molecule has 2 unspecified atom stereocenters. The highest BCUT2D eigenvalue weighted by Gasteiger charge is 2.63. The second kappa shape index (κ2) is 10.8. The van der Waals surface area contributed by atoms with Gasteiger partial charge in [0.2, 0.25) is 0 Å². The van der Waals surface area contributed by atoms with Crippen molar-refractivity contribution in [3.8, 4) is 0 Å². The summed E-state index contributed by atoms with van der Waals surface area (Å²) in [5.74, 6) is 1.53. The molecule has 204 valence electrons. The third-order valence-electron chi connectivity index (χ3n) is 9.79. The van der Waals surface area contributed by atoms with Gasteiger partial charge in [0.05, 0.1) is 18.4 Å². The van der Waals surface area contributed by atoms with Crippen LogP contribution in [0.2, 0.25) is 0 Å². The number of fused-ring (bicyclic) bond motifs is 4. The number of carbonyl (C=O) groups excluding carboxylic acids is 2. The zero-order valence-electron chi connectivity index (χ0n) is 23.0. The first-order valence-electron chi connectivity index (χ1n) is 13.9. The lowest BCUT2D eigenvalue weighted by Crippen LogP contribution is -2.54. The summed E-state index contributed by atoms with van der Waals surface area (Å²) in [5, 5.41) is 6.37. The molecule has 5 atom stereocenters. The first-order chi connectivity index (χ1) is 18.4. The standard InChI is InChI=1S/C31H40N2O5/c1-5-32-29(35)38-33-18-20-6-8-21(9-7-20)26-17-30(2)27(14-15-31(30,37-4)19-36-3)25-12-10-22-16-23(34)11-13-24(22)28(25)26/h6-9,16,18,25-27H,5,10-15,17,19H2,1-4H3,(H,32,35)/b33-18+/t25?,26-,27?,30+,31-/m1/s1. The van der Waals surface area contributed by atoms with Crippen molar-refractivity contribution in [3.63, 3.8) is 0 Å². The van der Waals surface area contributed by atoms with Crippen LogP contribution in [-0.4, -0.2) is 51.1 Å². The van der Waals surface area contributed by atoms with Crippen molar-refractivity contribution in [2.24, 2.45) is 22.4 Å². The Kier molecular flexibility index (Phi) is 7.60. The van der Waals surface area contributed by atoms with Gasteiger partial charge in [-0.05, 0) is 85.6 Å². The Morgan fingerprint density at radius 3 is 2.66 bits per heavy atom. The van der Waals surface area contributed by atoms with Gasteiger partial charge in [-0.1, -0.05) is 41.9 Å². The first-order valence-corrected chi connectivity index (χ1v) is 13.9. The largest absolute Gasteiger partial charge is 0.433 e. The van der Waals surface area contributed by atoms with E-state index in [4.69, 9.17) is 14.3 Å². The van der Waals surface area contributed by atoms with E-state index in [-0.39, 0.29) is 22.7 Å². The van der Waals surface area contributed by atoms with Crippen molar-refractivity contribution in [1.82, 2.24) is 5.32 Å². The molecule has 1 N–H and O–H groups in total. The quantitative estimate of drug-likeness (QED) is 0.283. The van der Waals surface area contributed by atoms with E-state index in [2.05, 4.69) is 29.5 Å². The van der Waals surface area contributed by atoms with Crippen LogP contribution in [0.5, 0.6) is 0 Å². The number of ether oxygens (including phenoxy) is 2. The predicted octanol–water partition coefficient (Wildman–Crippen LogP) is 5.70. The van der Waals surface area contributed by atoms with Crippen molar-refractivity contribution in [2.75, 3.05) is 27.4 Å². The molecule has 0 saturated heterocycles. The number of nitrogens with zero attached hydrogens (tertiary/aromatic N) is 1. The Morgan fingerprint density at radius 2 is 1.95 bits per heavy atom. The average Bonchev–Trinajstić information content (AvgIpc) is 3.20. The second-order valence-electron chi connectivity index (χ2n) is 11.5. The van der Waals surface area contributed by atoms with E-state index in [0.717, 1.165) is 44.1 Å². The smallest absolute Gasteiger partial charge is 0.382 e. The van der Waals surface area contributed by atoms with Gasteiger partial charge in [-0.2, -0.15) is 0 Å². The molecule has 2 fully saturated rings. The number of hydrogen-bond donors (Lipinski definition) is 1. The van der Waals surface area contributed by atoms with Gasteiger partial charge in [-0.25, -0.2) is 4.79 Å². The van der Waals surface area contributed by atoms with E-state index in [9.17, 15) is 9.59 Å². The Labute approximate surface area is 225 Å². The van der Waals surface area contributed by atoms with Crippen LogP contribution in [0.25, 0.3) is 0 Å². The van der Waals surface area contributed by atoms with Gasteiger partial charge in [0.25, 0.3) is 0 Å². The molecule has 0 aromatic heterocycles. The van der Waals surface area contributed by atoms with Crippen LogP contribution in [0.3, 0.4) is 0 Å². The van der Waals surface area contributed by atoms with Gasteiger partial charge in [0.1, 0.15) is 0 Å². The van der Waals surface area contributed by atoms with E-state index in [1.807, 2.05) is 32.2 Å². The highest BCUT2D eigenvalue weighted by molar-refractivity contribution is 5.93. The monoisotopic (exact) mass is 520 g/mol. The van der Waals surface area contributed by atoms with Crippen molar-refractivity contribution in [1.29, 1.82) is 0 Å². The van der Waals surface area contributed by atoms with Crippen LogP contribution in [0.15, 0.2) is 52.2 Å². The molecule has 0 bridgehead atoms. The molecule has 4 aliphatic carbocycles. The van der Waals surface area contributed by atoms with Gasteiger partial charge >= 0.3 is 6.09 Å². The number of allylic oxidation sites excluding steroid dienone is 4. The third kappa shape index (κ3) is 4.54. The number of carbonyl (C=O) groups is 2. The summed E-state index contributed by atoms with van der Waals surface area (Å²) < 4.78 is 12.1. The number of rotatable bonds is 7. The summed E-state index contributed by atoms with van der Waals surface area (Å²) in [7, 11) is 3.62. The van der Waals surface area contributed by atoms with Crippen LogP contribution in [0.1, 0.15) is 75.8 Å². The Bertz CT molecular complexity index is 1170. The normalized spacial score (nSPS) is 32.5. The molecule has 5 rings (SSSR count). The minimum Gasteiger partial charge on any atom is -0.382 e. The predicted molar refractivity (Wildman–Crippen MR) is 146 cm³/mol. The maximum absolute atomic E-state index is 12.3. The highest BCUT2D eigenvalue weighted by Crippen LogP contribution is 2.67. The Morgan fingerprint density at radius 1 is 1.16 bits per heavy atom. The lowest BCUT2D eigenvalue weighted by Gasteiger charge is -2.55. The first kappa shape index (κ1) is 26.8. The number of methoxy groups -OCH3 is 2. The number of ketones is 1. The van der Waals surface area contributed by atoms with Crippen LogP contribution in [0, 0.1) is 17.3 Å². The third-order valence-corrected chi connectivity index (χ3v) is 9.79. The summed E-state index contributed by atoms with van der Waals surface area (Å²) in [5.41, 5.74) is 6.07. The van der Waals surface area contributed by atoms with Crippen LogP contribution in [-0.2, 0) is 19.1 Å². The van der Waals surface area contributed by atoms with E-state index in [1.165, 1.54) is 16.7 Å². The number of oxime groups is 1. The number of nitrogens with one attached hydrogen (secondary N) is 1. The molecular formula is C31H40N2O5. The number of hydrogen-bond acceptors (Lipinski definition) is 6. The van der Waals surface area contributed by atoms with Gasteiger partial charge in [-0.15, -0.1) is 0 Å². The van der Waals surface area contributed by atoms with Gasteiger partial charge in [-0.3, -0.25) is 9.63 Å². The molecule has 1 aromatic carbocycles. The van der Waals surface area contributed by atoms with Gasteiger partial charge < -0.3 is 14.8 Å². The maximum Gasteiger partial charge on any atom is 0.433 e. The molecule has 1 aromatic rings. The zero-order valence-corrected chi connectivity index (χ0v) is 23.0. The molecule has 38 heavy (non-hydrogen) atoms. The van der Waals surface area contributed by atoms with E-state index in [0.29, 0.717) is 31.4 Å². The molecule has 0 spiro atoms. The molecule has 4 aliphatic rings. The average molecular weight is 521 g/mol. The number of benzene rings is 1. The highest BCUT2D eigenvalue weighted by atomic mass is 16.7. The summed E-state index contributed by atoms with van der Waals surface area (Å²) in [4.78, 5) is 28.6. The lowest BCUT2D eigenvalue weighted by atomic mass is 9.51. The minimum absolute atomic E-state index is 0.0243. The molecule has 2 saturated carbocycles. The van der Waals surface area contributed by atoms with Crippen molar-refractivity contribution in [3.05, 3.63) is 58.2 Å². The lowest BCUT2D eigenvalue weighted by molar-refractivity contribution is -0.149. The molecular weight excluding hydrogens is 480 g/mol. The summed E-state index contributed by atoms with van der Waals surface area (Å²) in [6.45, 7) is 5.34. The molecule has 0 radical (unpaired) electrons. The summed E-state index contributed by atoms with van der Waals surface area (Å²) in [6, 6.07) is 8.42. The summed E-state index contributed by atoms with van der Waals surface area (Å²) >= 11 is 0. The fraction of sp³-hybridized carbons (Fsp3) is 0.581. The molecule has 7 heteroatoms. The fourth-order valence-corrected chi connectivity index (χ4v) is 8.03. The summed E-state index contributed by atoms with van der Waals surface area (Å²) in [6.07, 6.45) is 9.57. The van der Waals surface area contributed by atoms with E-state index < -0.39 is 6.09 Å². The van der Waals surface area contributed by atoms with Gasteiger partial charge in [0.15, 0.2) is 5.78 Å². The van der Waals surface area contributed by atoms with Crippen molar-refractivity contribution in [2.45, 2.75) is 70.3 Å². The van der Waals surface area contributed by atoms with E-state index in [1.54, 1.807) is 18.9 Å². The van der Waals surface area contributed by atoms with Gasteiger partial charge in [0, 0.05) is 38.5 Å². The maximum atomic E-state index is 12.3. The topological polar surface area (TPSA) is 86.2 Å². The van der Waals surface area contributed by atoms with Crippen LogP contribution >= 0.6 is 0 Å².